The van der Waals surface area contributed by atoms with Crippen LogP contribution in [0.1, 0.15) is 11.1 Å². The van der Waals surface area contributed by atoms with Crippen molar-refractivity contribution >= 4 is 46.2 Å². The molecule has 1 N–H and O–H groups in total. The molecule has 0 radical (unpaired) electrons. The Labute approximate surface area is 150 Å². The van der Waals surface area contributed by atoms with Gasteiger partial charge in [0.15, 0.2) is 5.71 Å². The van der Waals surface area contributed by atoms with Crippen molar-refractivity contribution in [1.29, 1.82) is 5.26 Å². The van der Waals surface area contributed by atoms with E-state index < -0.39 is 11.7 Å². The number of halogens is 6. The quantitative estimate of drug-likeness (QED) is 0.514. The minimum atomic E-state index is -4.57. The molecule has 0 aliphatic carbocycles. The second-order valence-corrected chi connectivity index (χ2v) is 5.75. The highest BCUT2D eigenvalue weighted by Gasteiger charge is 2.32. The van der Waals surface area contributed by atoms with Crippen LogP contribution >= 0.6 is 34.8 Å². The largest absolute Gasteiger partial charge is 0.416 e. The molecule has 2 aromatic rings. The second kappa shape index (κ2) is 7.31. The number of hydrazone groups is 1. The summed E-state index contributed by atoms with van der Waals surface area (Å²) in [7, 11) is 0. The molecule has 0 fully saturated rings. The molecule has 0 bridgehead atoms. The Kier molecular flexibility index (Phi) is 5.60. The zero-order valence-corrected chi connectivity index (χ0v) is 13.9. The van der Waals surface area contributed by atoms with Gasteiger partial charge in [-0.3, -0.25) is 5.43 Å². The second-order valence-electron chi connectivity index (χ2n) is 4.50. The lowest BCUT2D eigenvalue weighted by molar-refractivity contribution is -0.137. The molecule has 0 saturated carbocycles. The number of rotatable bonds is 3. The Balaban J connectivity index is 2.33. The predicted molar refractivity (Wildman–Crippen MR) is 88.7 cm³/mol. The third kappa shape index (κ3) is 4.32. The number of anilines is 1. The van der Waals surface area contributed by atoms with E-state index in [1.807, 2.05) is 6.07 Å². The van der Waals surface area contributed by atoms with Gasteiger partial charge in [-0.15, -0.1) is 0 Å². The zero-order chi connectivity index (χ0) is 17.9. The lowest BCUT2D eigenvalue weighted by Gasteiger charge is -2.12. The van der Waals surface area contributed by atoms with Crippen LogP contribution in [0.15, 0.2) is 41.5 Å². The lowest BCUT2D eigenvalue weighted by atomic mass is 10.1. The molecule has 9 heteroatoms. The van der Waals surface area contributed by atoms with Crippen LogP contribution in [0.5, 0.6) is 0 Å². The summed E-state index contributed by atoms with van der Waals surface area (Å²) < 4.78 is 38.0. The summed E-state index contributed by atoms with van der Waals surface area (Å²) >= 11 is 17.4. The van der Waals surface area contributed by atoms with Crippen molar-refractivity contribution in [3.63, 3.8) is 0 Å². The van der Waals surface area contributed by atoms with E-state index in [1.165, 1.54) is 0 Å². The van der Waals surface area contributed by atoms with Crippen LogP contribution < -0.4 is 5.43 Å². The fourth-order valence-corrected chi connectivity index (χ4v) is 2.41. The highest BCUT2D eigenvalue weighted by Crippen LogP contribution is 2.38. The van der Waals surface area contributed by atoms with E-state index in [4.69, 9.17) is 40.1 Å². The molecule has 24 heavy (non-hydrogen) atoms. The number of nitrogens with one attached hydrogen (secondary N) is 1. The van der Waals surface area contributed by atoms with Crippen LogP contribution in [-0.2, 0) is 6.18 Å². The minimum Gasteiger partial charge on any atom is -0.274 e. The number of hydrogen-bond acceptors (Lipinski definition) is 3. The first-order valence-corrected chi connectivity index (χ1v) is 7.41. The summed E-state index contributed by atoms with van der Waals surface area (Å²) in [5, 5.41) is 12.9. The standard InChI is InChI=1S/C15H7Cl3F3N3/c16-10-3-1-8(2-4-10)13(7-22)23-24-14-11(17)5-9(6-12(14)18)15(19,20)21/h1-6,24H/b23-13+. The van der Waals surface area contributed by atoms with Gasteiger partial charge in [0.1, 0.15) is 6.07 Å². The van der Waals surface area contributed by atoms with E-state index in [0.717, 1.165) is 12.1 Å². The van der Waals surface area contributed by atoms with Crippen molar-refractivity contribution in [2.75, 3.05) is 5.43 Å². The van der Waals surface area contributed by atoms with Crippen LogP contribution in [0.25, 0.3) is 0 Å². The molecule has 0 aliphatic heterocycles. The van der Waals surface area contributed by atoms with E-state index in [9.17, 15) is 13.2 Å². The van der Waals surface area contributed by atoms with Crippen LogP contribution in [0.3, 0.4) is 0 Å². The van der Waals surface area contributed by atoms with Gasteiger partial charge in [0.05, 0.1) is 21.3 Å². The molecule has 0 atom stereocenters. The lowest BCUT2D eigenvalue weighted by Crippen LogP contribution is -2.06. The SMILES string of the molecule is N#C/C(=N\Nc1c(Cl)cc(C(F)(F)F)cc1Cl)c1ccc(Cl)cc1. The number of hydrogen-bond donors (Lipinski definition) is 1. The number of nitriles is 1. The zero-order valence-electron chi connectivity index (χ0n) is 11.6. The van der Waals surface area contributed by atoms with Gasteiger partial charge >= 0.3 is 6.18 Å². The van der Waals surface area contributed by atoms with Gasteiger partial charge < -0.3 is 0 Å². The van der Waals surface area contributed by atoms with E-state index in [0.29, 0.717) is 10.6 Å². The fraction of sp³-hybridized carbons (Fsp3) is 0.0667. The topological polar surface area (TPSA) is 48.2 Å². The van der Waals surface area contributed by atoms with Gasteiger partial charge in [-0.1, -0.05) is 46.9 Å². The summed E-state index contributed by atoms with van der Waals surface area (Å²) in [6.45, 7) is 0. The number of benzene rings is 2. The molecule has 0 aromatic heterocycles. The maximum atomic E-state index is 12.7. The number of nitrogens with zero attached hydrogens (tertiary/aromatic N) is 2. The van der Waals surface area contributed by atoms with Gasteiger partial charge in [-0.05, 0) is 24.3 Å². The Morgan fingerprint density at radius 2 is 1.58 bits per heavy atom. The Morgan fingerprint density at radius 1 is 1.04 bits per heavy atom. The first-order valence-electron chi connectivity index (χ1n) is 6.28. The Morgan fingerprint density at radius 3 is 2.04 bits per heavy atom. The molecule has 2 rings (SSSR count). The van der Waals surface area contributed by atoms with Crippen LogP contribution in [-0.4, -0.2) is 5.71 Å². The Bertz CT molecular complexity index is 802. The molecule has 0 unspecified atom stereocenters. The normalized spacial score (nSPS) is 12.0. The molecule has 3 nitrogen and oxygen atoms in total. The van der Waals surface area contributed by atoms with E-state index >= 15 is 0 Å². The highest BCUT2D eigenvalue weighted by atomic mass is 35.5. The maximum absolute atomic E-state index is 12.7. The molecule has 0 aliphatic rings. The van der Waals surface area contributed by atoms with Gasteiger partial charge in [0.2, 0.25) is 0 Å². The van der Waals surface area contributed by atoms with Crippen molar-refractivity contribution in [3.8, 4) is 6.07 Å². The average molecular weight is 393 g/mol. The molecule has 0 amide bonds. The first-order chi connectivity index (χ1) is 11.2. The highest BCUT2D eigenvalue weighted by molar-refractivity contribution is 6.39. The molecule has 0 heterocycles. The maximum Gasteiger partial charge on any atom is 0.416 e. The summed E-state index contributed by atoms with van der Waals surface area (Å²) in [5.74, 6) is 0. The van der Waals surface area contributed by atoms with E-state index in [-0.39, 0.29) is 21.4 Å². The third-order valence-corrected chi connectivity index (χ3v) is 3.72. The first kappa shape index (κ1) is 18.4. The Hall–Kier alpha value is -1.94. The van der Waals surface area contributed by atoms with Crippen LogP contribution in [0.2, 0.25) is 15.1 Å². The van der Waals surface area contributed by atoms with E-state index in [2.05, 4.69) is 10.5 Å². The molecule has 0 saturated heterocycles. The summed E-state index contributed by atoms with van der Waals surface area (Å²) in [4.78, 5) is 0. The van der Waals surface area contributed by atoms with Gasteiger partial charge in [-0.2, -0.15) is 23.5 Å². The summed E-state index contributed by atoms with van der Waals surface area (Å²) in [5.41, 5.74) is 1.86. The monoisotopic (exact) mass is 391 g/mol. The van der Waals surface area contributed by atoms with Crippen molar-refractivity contribution in [3.05, 3.63) is 62.6 Å². The van der Waals surface area contributed by atoms with Crippen LogP contribution in [0.4, 0.5) is 18.9 Å². The summed E-state index contributed by atoms with van der Waals surface area (Å²) in [6, 6.07) is 9.59. The van der Waals surface area contributed by atoms with Gasteiger partial charge in [0.25, 0.3) is 0 Å². The smallest absolute Gasteiger partial charge is 0.274 e. The van der Waals surface area contributed by atoms with Crippen molar-refractivity contribution in [2.45, 2.75) is 6.18 Å². The molecular formula is C15H7Cl3F3N3. The fourth-order valence-electron chi connectivity index (χ4n) is 1.72. The number of alkyl halides is 3. The minimum absolute atomic E-state index is 0.0151. The van der Waals surface area contributed by atoms with Crippen LogP contribution in [0, 0.1) is 11.3 Å². The summed E-state index contributed by atoms with van der Waals surface area (Å²) in [6.07, 6.45) is -4.57. The van der Waals surface area contributed by atoms with Crippen molar-refractivity contribution in [1.82, 2.24) is 0 Å². The van der Waals surface area contributed by atoms with Crippen molar-refractivity contribution in [2.24, 2.45) is 5.10 Å². The van der Waals surface area contributed by atoms with Crippen molar-refractivity contribution < 1.29 is 13.2 Å². The molecule has 2 aromatic carbocycles. The van der Waals surface area contributed by atoms with E-state index in [1.54, 1.807) is 24.3 Å². The predicted octanol–water partition coefficient (Wildman–Crippen LogP) is 6.01. The van der Waals surface area contributed by atoms with Gasteiger partial charge in [0, 0.05) is 10.6 Å². The molecule has 124 valence electrons. The average Bonchev–Trinajstić information content (AvgIpc) is 2.50. The van der Waals surface area contributed by atoms with Gasteiger partial charge in [-0.25, -0.2) is 0 Å². The molecule has 0 spiro atoms. The molecular weight excluding hydrogens is 386 g/mol. The third-order valence-electron chi connectivity index (χ3n) is 2.87.